The second kappa shape index (κ2) is 9.40. The lowest BCUT2D eigenvalue weighted by Crippen LogP contribution is -2.55. The zero-order valence-electron chi connectivity index (χ0n) is 16.8. The van der Waals surface area contributed by atoms with Crippen LogP contribution in [0.25, 0.3) is 0 Å². The van der Waals surface area contributed by atoms with Gasteiger partial charge in [-0.15, -0.1) is 0 Å². The number of nitrogens with zero attached hydrogens (tertiary/aromatic N) is 2. The minimum absolute atomic E-state index is 0.0760. The van der Waals surface area contributed by atoms with E-state index >= 15 is 0 Å². The Balaban J connectivity index is 1.69. The van der Waals surface area contributed by atoms with E-state index in [1.807, 2.05) is 27.7 Å². The zero-order valence-corrected chi connectivity index (χ0v) is 16.8. The van der Waals surface area contributed by atoms with Gasteiger partial charge < -0.3 is 15.0 Å². The Labute approximate surface area is 157 Å². The Kier molecular flexibility index (Phi) is 7.50. The van der Waals surface area contributed by atoms with Crippen LogP contribution in [-0.2, 0) is 9.53 Å². The number of ether oxygens (including phenoxy) is 1. The summed E-state index contributed by atoms with van der Waals surface area (Å²) < 4.78 is 5.41. The number of amides is 2. The van der Waals surface area contributed by atoms with Gasteiger partial charge >= 0.3 is 6.09 Å². The fourth-order valence-corrected chi connectivity index (χ4v) is 3.41. The molecule has 2 rings (SSSR count). The van der Waals surface area contributed by atoms with Crippen LogP contribution >= 0.6 is 0 Å². The zero-order chi connectivity index (χ0) is 19.2. The molecule has 1 aliphatic carbocycles. The second-order valence-corrected chi connectivity index (χ2v) is 8.33. The summed E-state index contributed by atoms with van der Waals surface area (Å²) >= 11 is 0. The van der Waals surface area contributed by atoms with Crippen LogP contribution in [-0.4, -0.2) is 66.2 Å². The molecule has 1 atom stereocenters. The van der Waals surface area contributed by atoms with Gasteiger partial charge in [0.05, 0.1) is 6.04 Å². The van der Waals surface area contributed by atoms with Crippen molar-refractivity contribution in [1.82, 2.24) is 15.1 Å². The number of allylic oxidation sites excluding steroid dienone is 1. The summed E-state index contributed by atoms with van der Waals surface area (Å²) in [5.41, 5.74) is 1.00. The molecule has 6 nitrogen and oxygen atoms in total. The molecule has 0 aromatic heterocycles. The molecule has 1 aliphatic heterocycles. The highest BCUT2D eigenvalue weighted by Crippen LogP contribution is 2.19. The number of hydrogen-bond donors (Lipinski definition) is 1. The molecule has 2 aliphatic rings. The van der Waals surface area contributed by atoms with Crippen molar-refractivity contribution in [3.63, 3.8) is 0 Å². The van der Waals surface area contributed by atoms with Gasteiger partial charge in [0.15, 0.2) is 0 Å². The molecule has 0 bridgehead atoms. The lowest BCUT2D eigenvalue weighted by molar-refractivity contribution is -0.126. The number of carbonyl (C=O) groups excluding carboxylic acids is 2. The predicted molar refractivity (Wildman–Crippen MR) is 103 cm³/mol. The number of carbonyl (C=O) groups is 2. The quantitative estimate of drug-likeness (QED) is 0.761. The van der Waals surface area contributed by atoms with Crippen molar-refractivity contribution in [2.45, 2.75) is 71.4 Å². The first-order chi connectivity index (χ1) is 12.3. The first-order valence-corrected chi connectivity index (χ1v) is 9.94. The molecule has 1 saturated heterocycles. The van der Waals surface area contributed by atoms with Crippen LogP contribution in [0.4, 0.5) is 4.79 Å². The lowest BCUT2D eigenvalue weighted by atomic mass is 9.97. The Morgan fingerprint density at radius 2 is 1.88 bits per heavy atom. The summed E-state index contributed by atoms with van der Waals surface area (Å²) in [5, 5.41) is 3.07. The number of rotatable bonds is 5. The number of piperazine rings is 1. The molecule has 0 aromatic rings. The third-order valence-corrected chi connectivity index (χ3v) is 5.02. The third kappa shape index (κ3) is 6.63. The largest absolute Gasteiger partial charge is 0.444 e. The molecule has 0 aromatic carbocycles. The van der Waals surface area contributed by atoms with E-state index in [-0.39, 0.29) is 18.0 Å². The highest BCUT2D eigenvalue weighted by atomic mass is 16.6. The SMILES string of the molecule is CC(C(=O)NCCC1=CCCCC1)N1CCN(C(=O)OC(C)(C)C)CC1. The second-order valence-electron chi connectivity index (χ2n) is 8.33. The maximum absolute atomic E-state index is 12.4. The Hall–Kier alpha value is -1.56. The highest BCUT2D eigenvalue weighted by molar-refractivity contribution is 5.81. The molecule has 1 heterocycles. The van der Waals surface area contributed by atoms with Gasteiger partial charge in [0.1, 0.15) is 5.60 Å². The number of nitrogens with one attached hydrogen (secondary N) is 1. The summed E-state index contributed by atoms with van der Waals surface area (Å²) in [6.07, 6.45) is 7.95. The monoisotopic (exact) mass is 365 g/mol. The standard InChI is InChI=1S/C20H35N3O3/c1-16(18(24)21-11-10-17-8-6-5-7-9-17)22-12-14-23(15-13-22)19(25)26-20(2,3)4/h8,16H,5-7,9-15H2,1-4H3,(H,21,24). The summed E-state index contributed by atoms with van der Waals surface area (Å²) in [5.74, 6) is 0.0760. The Morgan fingerprint density at radius 1 is 1.19 bits per heavy atom. The van der Waals surface area contributed by atoms with E-state index in [1.54, 1.807) is 4.90 Å². The molecule has 2 amide bonds. The molecule has 26 heavy (non-hydrogen) atoms. The normalized spacial score (nSPS) is 20.3. The van der Waals surface area contributed by atoms with Gasteiger partial charge in [0.25, 0.3) is 0 Å². The van der Waals surface area contributed by atoms with Crippen LogP contribution < -0.4 is 5.32 Å². The Morgan fingerprint density at radius 3 is 2.46 bits per heavy atom. The molecule has 0 spiro atoms. The van der Waals surface area contributed by atoms with E-state index in [4.69, 9.17) is 4.74 Å². The lowest BCUT2D eigenvalue weighted by Gasteiger charge is -2.37. The topological polar surface area (TPSA) is 61.9 Å². The van der Waals surface area contributed by atoms with Gasteiger partial charge in [-0.3, -0.25) is 9.69 Å². The molecular formula is C20H35N3O3. The molecule has 1 unspecified atom stereocenters. The van der Waals surface area contributed by atoms with Gasteiger partial charge in [-0.1, -0.05) is 11.6 Å². The Bertz CT molecular complexity index is 517. The van der Waals surface area contributed by atoms with Gasteiger partial charge in [0, 0.05) is 32.7 Å². The van der Waals surface area contributed by atoms with Gasteiger partial charge in [-0.05, 0) is 59.8 Å². The van der Waals surface area contributed by atoms with Crippen molar-refractivity contribution >= 4 is 12.0 Å². The first-order valence-electron chi connectivity index (χ1n) is 9.94. The molecule has 1 N–H and O–H groups in total. The van der Waals surface area contributed by atoms with Crippen LogP contribution in [0.2, 0.25) is 0 Å². The van der Waals surface area contributed by atoms with Gasteiger partial charge in [-0.2, -0.15) is 0 Å². The van der Waals surface area contributed by atoms with E-state index in [0.29, 0.717) is 32.7 Å². The van der Waals surface area contributed by atoms with Crippen LogP contribution in [0.5, 0.6) is 0 Å². The van der Waals surface area contributed by atoms with E-state index in [2.05, 4.69) is 16.3 Å². The van der Waals surface area contributed by atoms with E-state index in [0.717, 1.165) is 6.42 Å². The summed E-state index contributed by atoms with van der Waals surface area (Å²) in [4.78, 5) is 28.4. The molecule has 0 radical (unpaired) electrons. The van der Waals surface area contributed by atoms with E-state index in [9.17, 15) is 9.59 Å². The molecule has 148 valence electrons. The maximum atomic E-state index is 12.4. The average molecular weight is 366 g/mol. The molecule has 1 fully saturated rings. The fourth-order valence-electron chi connectivity index (χ4n) is 3.41. The van der Waals surface area contributed by atoms with Crippen molar-refractivity contribution in [1.29, 1.82) is 0 Å². The van der Waals surface area contributed by atoms with Crippen molar-refractivity contribution in [2.75, 3.05) is 32.7 Å². The number of hydrogen-bond acceptors (Lipinski definition) is 4. The van der Waals surface area contributed by atoms with Crippen LogP contribution in [0.1, 0.15) is 59.8 Å². The smallest absolute Gasteiger partial charge is 0.410 e. The van der Waals surface area contributed by atoms with Crippen molar-refractivity contribution in [3.05, 3.63) is 11.6 Å². The molecule has 6 heteroatoms. The minimum atomic E-state index is -0.477. The van der Waals surface area contributed by atoms with Gasteiger partial charge in [0.2, 0.25) is 5.91 Å². The van der Waals surface area contributed by atoms with Crippen molar-refractivity contribution in [2.24, 2.45) is 0 Å². The van der Waals surface area contributed by atoms with Gasteiger partial charge in [-0.25, -0.2) is 4.79 Å². The fraction of sp³-hybridized carbons (Fsp3) is 0.800. The van der Waals surface area contributed by atoms with E-state index in [1.165, 1.54) is 31.3 Å². The summed E-state index contributed by atoms with van der Waals surface area (Å²) in [6, 6.07) is -0.170. The predicted octanol–water partition coefficient (Wildman–Crippen LogP) is 2.93. The molecular weight excluding hydrogens is 330 g/mol. The van der Waals surface area contributed by atoms with Crippen LogP contribution in [0, 0.1) is 0 Å². The summed E-state index contributed by atoms with van der Waals surface area (Å²) in [6.45, 7) is 10.9. The maximum Gasteiger partial charge on any atom is 0.410 e. The highest BCUT2D eigenvalue weighted by Gasteiger charge is 2.29. The average Bonchev–Trinajstić information content (AvgIpc) is 2.60. The van der Waals surface area contributed by atoms with Crippen LogP contribution in [0.3, 0.4) is 0 Å². The van der Waals surface area contributed by atoms with Crippen molar-refractivity contribution in [3.8, 4) is 0 Å². The first kappa shape index (κ1) is 20.7. The van der Waals surface area contributed by atoms with Crippen LogP contribution in [0.15, 0.2) is 11.6 Å². The van der Waals surface area contributed by atoms with Crippen molar-refractivity contribution < 1.29 is 14.3 Å². The van der Waals surface area contributed by atoms with E-state index < -0.39 is 5.60 Å². The third-order valence-electron chi connectivity index (χ3n) is 5.02. The summed E-state index contributed by atoms with van der Waals surface area (Å²) in [7, 11) is 0. The molecule has 0 saturated carbocycles. The minimum Gasteiger partial charge on any atom is -0.444 e.